The number of rotatable bonds is 2. The van der Waals surface area contributed by atoms with Gasteiger partial charge >= 0.3 is 0 Å². The van der Waals surface area contributed by atoms with E-state index in [1.54, 1.807) is 4.90 Å². The van der Waals surface area contributed by atoms with E-state index in [4.69, 9.17) is 0 Å². The van der Waals surface area contributed by atoms with Crippen LogP contribution >= 0.6 is 0 Å². The van der Waals surface area contributed by atoms with Gasteiger partial charge in [-0.25, -0.2) is 0 Å². The molecule has 0 bridgehead atoms. The minimum absolute atomic E-state index is 0.0746. The predicted octanol–water partition coefficient (Wildman–Crippen LogP) is 3.15. The van der Waals surface area contributed by atoms with Crippen LogP contribution in [-0.4, -0.2) is 35.8 Å². The quantitative estimate of drug-likeness (QED) is 0.841. The fourth-order valence-corrected chi connectivity index (χ4v) is 3.73. The average molecular weight is 314 g/mol. The second-order valence-electron chi connectivity index (χ2n) is 6.66. The number of anilines is 1. The lowest BCUT2D eigenvalue weighted by molar-refractivity contribution is -0.134. The fourth-order valence-electron chi connectivity index (χ4n) is 3.73. The molecule has 2 aliphatic heterocycles. The van der Waals surface area contributed by atoms with Crippen molar-refractivity contribution in [2.75, 3.05) is 18.0 Å². The molecule has 0 saturated carbocycles. The van der Waals surface area contributed by atoms with Crippen molar-refractivity contribution in [3.8, 4) is 0 Å². The maximum Gasteiger partial charge on any atom is 0.245 e. The van der Waals surface area contributed by atoms with Crippen LogP contribution in [0, 0.1) is 0 Å². The summed E-state index contributed by atoms with van der Waals surface area (Å²) in [5.41, 5.74) is 2.10. The molecule has 23 heavy (non-hydrogen) atoms. The topological polar surface area (TPSA) is 40.6 Å². The molecule has 2 amide bonds. The number of nitrogens with zero attached hydrogens (tertiary/aromatic N) is 2. The molecule has 124 valence electrons. The summed E-state index contributed by atoms with van der Waals surface area (Å²) in [6.07, 6.45) is 6.82. The third kappa shape index (κ3) is 3.41. The van der Waals surface area contributed by atoms with Gasteiger partial charge in [0.25, 0.3) is 0 Å². The van der Waals surface area contributed by atoms with Gasteiger partial charge in [-0.1, -0.05) is 31.0 Å². The van der Waals surface area contributed by atoms with Gasteiger partial charge in [0.05, 0.1) is 0 Å². The van der Waals surface area contributed by atoms with Crippen LogP contribution < -0.4 is 4.90 Å². The molecule has 1 aromatic rings. The molecule has 0 spiro atoms. The number of benzene rings is 1. The Hall–Kier alpha value is -1.84. The van der Waals surface area contributed by atoms with Gasteiger partial charge in [0.15, 0.2) is 0 Å². The number of fused-ring (bicyclic) bond motifs is 1. The Morgan fingerprint density at radius 2 is 1.70 bits per heavy atom. The molecule has 1 unspecified atom stereocenters. The summed E-state index contributed by atoms with van der Waals surface area (Å²) in [4.78, 5) is 29.3. The first kappa shape index (κ1) is 16.0. The Bertz CT molecular complexity index is 576. The Morgan fingerprint density at radius 1 is 1.00 bits per heavy atom. The van der Waals surface area contributed by atoms with E-state index in [0.717, 1.165) is 44.5 Å². The minimum Gasteiger partial charge on any atom is -0.341 e. The van der Waals surface area contributed by atoms with Crippen molar-refractivity contribution in [3.63, 3.8) is 0 Å². The zero-order valence-corrected chi connectivity index (χ0v) is 14.0. The second kappa shape index (κ2) is 7.16. The summed E-state index contributed by atoms with van der Waals surface area (Å²) < 4.78 is 0. The normalized spacial score (nSPS) is 20.5. The molecule has 1 fully saturated rings. The summed E-state index contributed by atoms with van der Waals surface area (Å²) in [5, 5.41) is 0. The van der Waals surface area contributed by atoms with Crippen LogP contribution in [0.1, 0.15) is 51.0 Å². The lowest BCUT2D eigenvalue weighted by Crippen LogP contribution is -2.50. The van der Waals surface area contributed by atoms with E-state index in [1.165, 1.54) is 18.4 Å². The lowest BCUT2D eigenvalue weighted by atomic mass is 10.1. The zero-order chi connectivity index (χ0) is 16.2. The molecule has 0 aromatic heterocycles. The average Bonchev–Trinajstić information content (AvgIpc) is 2.92. The van der Waals surface area contributed by atoms with E-state index in [1.807, 2.05) is 30.0 Å². The van der Waals surface area contributed by atoms with Gasteiger partial charge in [-0.3, -0.25) is 14.5 Å². The molecule has 3 rings (SSSR count). The van der Waals surface area contributed by atoms with Gasteiger partial charge in [0.2, 0.25) is 11.8 Å². The van der Waals surface area contributed by atoms with Crippen molar-refractivity contribution < 1.29 is 9.59 Å². The lowest BCUT2D eigenvalue weighted by Gasteiger charge is -2.32. The summed E-state index contributed by atoms with van der Waals surface area (Å²) in [6.45, 7) is 3.53. The molecule has 4 nitrogen and oxygen atoms in total. The first-order chi connectivity index (χ1) is 11.2. The van der Waals surface area contributed by atoms with Gasteiger partial charge in [-0.15, -0.1) is 0 Å². The fraction of sp³-hybridized carbons (Fsp3) is 0.579. The molecule has 1 saturated heterocycles. The van der Waals surface area contributed by atoms with E-state index < -0.39 is 6.04 Å². The van der Waals surface area contributed by atoms with E-state index >= 15 is 0 Å². The van der Waals surface area contributed by atoms with Crippen molar-refractivity contribution in [3.05, 3.63) is 29.8 Å². The maximum atomic E-state index is 12.9. The number of hydrogen-bond acceptors (Lipinski definition) is 2. The zero-order valence-electron chi connectivity index (χ0n) is 14.0. The number of para-hydroxylation sites is 1. The van der Waals surface area contributed by atoms with E-state index in [0.29, 0.717) is 6.42 Å². The van der Waals surface area contributed by atoms with Crippen molar-refractivity contribution in [1.29, 1.82) is 0 Å². The minimum atomic E-state index is -0.417. The van der Waals surface area contributed by atoms with Gasteiger partial charge in [-0.2, -0.15) is 0 Å². The first-order valence-corrected chi connectivity index (χ1v) is 8.87. The van der Waals surface area contributed by atoms with Crippen LogP contribution in [0.3, 0.4) is 0 Å². The molecule has 0 radical (unpaired) electrons. The third-order valence-electron chi connectivity index (χ3n) is 5.02. The number of amides is 2. The van der Waals surface area contributed by atoms with E-state index in [2.05, 4.69) is 6.07 Å². The van der Waals surface area contributed by atoms with Crippen molar-refractivity contribution in [1.82, 2.24) is 4.90 Å². The summed E-state index contributed by atoms with van der Waals surface area (Å²) in [6, 6.07) is 7.59. The van der Waals surface area contributed by atoms with Crippen LogP contribution in [0.4, 0.5) is 5.69 Å². The molecular weight excluding hydrogens is 288 g/mol. The number of aryl methyl sites for hydroxylation is 1. The Labute approximate surface area is 138 Å². The van der Waals surface area contributed by atoms with Crippen LogP contribution in [0.5, 0.6) is 0 Å². The first-order valence-electron chi connectivity index (χ1n) is 8.87. The highest BCUT2D eigenvalue weighted by molar-refractivity contribution is 6.01. The highest BCUT2D eigenvalue weighted by Gasteiger charge is 2.32. The summed E-state index contributed by atoms with van der Waals surface area (Å²) in [7, 11) is 0. The largest absolute Gasteiger partial charge is 0.341 e. The van der Waals surface area contributed by atoms with Crippen LogP contribution in [0.15, 0.2) is 24.3 Å². The van der Waals surface area contributed by atoms with E-state index in [-0.39, 0.29) is 11.8 Å². The van der Waals surface area contributed by atoms with Gasteiger partial charge in [0.1, 0.15) is 6.04 Å². The second-order valence-corrected chi connectivity index (χ2v) is 6.66. The standard InChI is InChI=1S/C19H26N2O2/c1-15(19(23)20-13-6-2-3-7-14-20)21-17-11-5-4-9-16(17)10-8-12-18(21)22/h4-5,9,11,15H,2-3,6-8,10,12-14H2,1H3. The highest BCUT2D eigenvalue weighted by atomic mass is 16.2. The monoisotopic (exact) mass is 314 g/mol. The molecule has 1 aromatic carbocycles. The molecule has 0 N–H and O–H groups in total. The highest BCUT2D eigenvalue weighted by Crippen LogP contribution is 2.29. The molecule has 2 heterocycles. The predicted molar refractivity (Wildman–Crippen MR) is 91.4 cm³/mol. The van der Waals surface area contributed by atoms with Gasteiger partial charge in [-0.05, 0) is 44.2 Å². The number of hydrogen-bond donors (Lipinski definition) is 0. The van der Waals surface area contributed by atoms with Gasteiger partial charge in [0, 0.05) is 25.2 Å². The molecular formula is C19H26N2O2. The number of likely N-dealkylation sites (tertiary alicyclic amines) is 1. The molecule has 1 atom stereocenters. The van der Waals surface area contributed by atoms with Crippen LogP contribution in [0.25, 0.3) is 0 Å². The smallest absolute Gasteiger partial charge is 0.245 e. The summed E-state index contributed by atoms with van der Waals surface area (Å²) >= 11 is 0. The number of carbonyl (C=O) groups is 2. The molecule has 4 heteroatoms. The van der Waals surface area contributed by atoms with Crippen molar-refractivity contribution in [2.45, 2.75) is 57.9 Å². The summed E-state index contributed by atoms with van der Waals surface area (Å²) in [5.74, 6) is 0.169. The van der Waals surface area contributed by atoms with Gasteiger partial charge < -0.3 is 4.90 Å². The van der Waals surface area contributed by atoms with Crippen molar-refractivity contribution in [2.24, 2.45) is 0 Å². The molecule has 0 aliphatic carbocycles. The number of carbonyl (C=O) groups excluding carboxylic acids is 2. The molecule has 2 aliphatic rings. The Kier molecular flexibility index (Phi) is 4.99. The SMILES string of the molecule is CC(C(=O)N1CCCCCC1)N1C(=O)CCCc2ccccc21. The Balaban J connectivity index is 1.85. The van der Waals surface area contributed by atoms with Crippen LogP contribution in [-0.2, 0) is 16.0 Å². The maximum absolute atomic E-state index is 12.9. The van der Waals surface area contributed by atoms with Crippen LogP contribution in [0.2, 0.25) is 0 Å². The Morgan fingerprint density at radius 3 is 2.43 bits per heavy atom. The van der Waals surface area contributed by atoms with E-state index in [9.17, 15) is 9.59 Å². The third-order valence-corrected chi connectivity index (χ3v) is 5.02. The van der Waals surface area contributed by atoms with Crippen molar-refractivity contribution >= 4 is 17.5 Å².